The van der Waals surface area contributed by atoms with Gasteiger partial charge in [0.1, 0.15) is 17.3 Å². The average molecular weight is 482 g/mol. The van der Waals surface area contributed by atoms with Crippen molar-refractivity contribution < 1.29 is 22.6 Å². The molecule has 3 rings (SSSR count). The van der Waals surface area contributed by atoms with E-state index in [1.54, 1.807) is 30.3 Å². The SMILES string of the molecule is COc1ccc(Cl)cc1Nc1cc(-c2cccc(OC(F)(F)F)c2)nc(NCCN(C)C)n1. The maximum atomic E-state index is 12.7. The standard InChI is InChI=1S/C22H23ClF3N5O2/c1-31(2)10-9-27-21-29-17(14-5-4-6-16(11-14)33-22(24,25)26)13-20(30-21)28-18-12-15(23)7-8-19(18)32-3/h4-8,11-13H,9-10H2,1-3H3,(H2,27,28,29,30). The Hall–Kier alpha value is -3.24. The van der Waals surface area contributed by atoms with E-state index < -0.39 is 6.36 Å². The van der Waals surface area contributed by atoms with Crippen LogP contribution in [-0.4, -0.2) is 55.5 Å². The van der Waals surface area contributed by atoms with Gasteiger partial charge in [-0.1, -0.05) is 23.7 Å². The first kappa shape index (κ1) is 24.4. The van der Waals surface area contributed by atoms with Crippen molar-refractivity contribution in [3.05, 3.63) is 53.6 Å². The van der Waals surface area contributed by atoms with Crippen LogP contribution < -0.4 is 20.1 Å². The number of nitrogens with one attached hydrogen (secondary N) is 2. The van der Waals surface area contributed by atoms with Gasteiger partial charge in [0.05, 0.1) is 18.5 Å². The fourth-order valence-corrected chi connectivity index (χ4v) is 3.07. The van der Waals surface area contributed by atoms with Gasteiger partial charge in [0.15, 0.2) is 0 Å². The van der Waals surface area contributed by atoms with Crippen LogP contribution in [-0.2, 0) is 0 Å². The molecule has 0 spiro atoms. The van der Waals surface area contributed by atoms with E-state index >= 15 is 0 Å². The van der Waals surface area contributed by atoms with Gasteiger partial charge >= 0.3 is 6.36 Å². The molecule has 0 aliphatic rings. The van der Waals surface area contributed by atoms with Crippen LogP contribution >= 0.6 is 11.6 Å². The molecule has 33 heavy (non-hydrogen) atoms. The minimum atomic E-state index is -4.79. The lowest BCUT2D eigenvalue weighted by molar-refractivity contribution is -0.274. The monoisotopic (exact) mass is 481 g/mol. The fourth-order valence-electron chi connectivity index (χ4n) is 2.90. The predicted molar refractivity (Wildman–Crippen MR) is 122 cm³/mol. The molecular weight excluding hydrogens is 459 g/mol. The van der Waals surface area contributed by atoms with Crippen LogP contribution in [0.4, 0.5) is 30.6 Å². The van der Waals surface area contributed by atoms with Crippen molar-refractivity contribution in [2.75, 3.05) is 44.9 Å². The summed E-state index contributed by atoms with van der Waals surface area (Å²) in [6, 6.07) is 12.3. The van der Waals surface area contributed by atoms with E-state index in [0.29, 0.717) is 46.0 Å². The summed E-state index contributed by atoms with van der Waals surface area (Å²) < 4.78 is 47.4. The lowest BCUT2D eigenvalue weighted by Crippen LogP contribution is -2.21. The molecule has 0 saturated heterocycles. The number of benzene rings is 2. The third-order valence-corrected chi connectivity index (χ3v) is 4.59. The molecule has 11 heteroatoms. The Morgan fingerprint density at radius 3 is 2.55 bits per heavy atom. The van der Waals surface area contributed by atoms with Gasteiger partial charge in [-0.25, -0.2) is 4.98 Å². The summed E-state index contributed by atoms with van der Waals surface area (Å²) in [6.07, 6.45) is -4.79. The van der Waals surface area contributed by atoms with Crippen molar-refractivity contribution in [3.8, 4) is 22.8 Å². The van der Waals surface area contributed by atoms with Gasteiger partial charge in [-0.05, 0) is 44.4 Å². The van der Waals surface area contributed by atoms with Gasteiger partial charge in [-0.3, -0.25) is 0 Å². The Labute approximate surface area is 194 Å². The number of anilines is 3. The number of aromatic nitrogens is 2. The third kappa shape index (κ3) is 7.40. The zero-order valence-electron chi connectivity index (χ0n) is 18.2. The Kier molecular flexibility index (Phi) is 7.83. The highest BCUT2D eigenvalue weighted by Crippen LogP contribution is 2.32. The van der Waals surface area contributed by atoms with Crippen LogP contribution in [0.15, 0.2) is 48.5 Å². The quantitative estimate of drug-likeness (QED) is 0.422. The average Bonchev–Trinajstić information content (AvgIpc) is 2.72. The van der Waals surface area contributed by atoms with Gasteiger partial charge in [-0.15, -0.1) is 13.2 Å². The molecule has 0 aliphatic heterocycles. The summed E-state index contributed by atoms with van der Waals surface area (Å²) >= 11 is 6.12. The number of hydrogen-bond donors (Lipinski definition) is 2. The van der Waals surface area contributed by atoms with Gasteiger partial charge in [0, 0.05) is 29.7 Å². The Bertz CT molecular complexity index is 1100. The van der Waals surface area contributed by atoms with E-state index in [1.165, 1.54) is 25.3 Å². The Balaban J connectivity index is 1.98. The van der Waals surface area contributed by atoms with Gasteiger partial charge in [0.2, 0.25) is 5.95 Å². The summed E-state index contributed by atoms with van der Waals surface area (Å²) in [5, 5.41) is 6.77. The Morgan fingerprint density at radius 1 is 1.06 bits per heavy atom. The van der Waals surface area contributed by atoms with Crippen molar-refractivity contribution in [2.45, 2.75) is 6.36 Å². The van der Waals surface area contributed by atoms with Crippen LogP contribution in [0, 0.1) is 0 Å². The lowest BCUT2D eigenvalue weighted by Gasteiger charge is -2.15. The number of halogens is 4. The second kappa shape index (κ2) is 10.6. The molecule has 0 atom stereocenters. The van der Waals surface area contributed by atoms with Crippen LogP contribution in [0.2, 0.25) is 5.02 Å². The second-order valence-corrected chi connectivity index (χ2v) is 7.67. The smallest absolute Gasteiger partial charge is 0.495 e. The molecule has 0 amide bonds. The first-order chi connectivity index (χ1) is 15.6. The number of nitrogens with zero attached hydrogens (tertiary/aromatic N) is 3. The van der Waals surface area contributed by atoms with Crippen molar-refractivity contribution in [1.29, 1.82) is 0 Å². The molecule has 0 bridgehead atoms. The number of hydrogen-bond acceptors (Lipinski definition) is 7. The minimum absolute atomic E-state index is 0.306. The van der Waals surface area contributed by atoms with E-state index in [1.807, 2.05) is 19.0 Å². The first-order valence-corrected chi connectivity index (χ1v) is 10.2. The van der Waals surface area contributed by atoms with Crippen LogP contribution in [0.25, 0.3) is 11.3 Å². The molecule has 7 nitrogen and oxygen atoms in total. The number of alkyl halides is 3. The highest BCUT2D eigenvalue weighted by Gasteiger charge is 2.31. The molecule has 0 radical (unpaired) electrons. The molecule has 0 saturated carbocycles. The summed E-state index contributed by atoms with van der Waals surface area (Å²) in [4.78, 5) is 10.9. The molecule has 0 aliphatic carbocycles. The topological polar surface area (TPSA) is 71.5 Å². The molecule has 2 aromatic carbocycles. The van der Waals surface area contributed by atoms with Crippen molar-refractivity contribution in [2.24, 2.45) is 0 Å². The maximum absolute atomic E-state index is 12.7. The van der Waals surface area contributed by atoms with Crippen molar-refractivity contribution in [3.63, 3.8) is 0 Å². The molecule has 2 N–H and O–H groups in total. The highest BCUT2D eigenvalue weighted by molar-refractivity contribution is 6.31. The molecule has 0 unspecified atom stereocenters. The van der Waals surface area contributed by atoms with Crippen LogP contribution in [0.3, 0.4) is 0 Å². The van der Waals surface area contributed by atoms with Crippen molar-refractivity contribution >= 4 is 29.1 Å². The number of likely N-dealkylation sites (N-methyl/N-ethyl adjacent to an activating group) is 1. The Morgan fingerprint density at radius 2 is 1.85 bits per heavy atom. The molecule has 3 aromatic rings. The van der Waals surface area contributed by atoms with Gasteiger partial charge in [0.25, 0.3) is 0 Å². The summed E-state index contributed by atoms with van der Waals surface area (Å²) in [5.74, 6) is 0.907. The number of rotatable bonds is 9. The van der Waals surface area contributed by atoms with Crippen LogP contribution in [0.5, 0.6) is 11.5 Å². The number of ether oxygens (including phenoxy) is 2. The van der Waals surface area contributed by atoms with Crippen LogP contribution in [0.1, 0.15) is 0 Å². The summed E-state index contributed by atoms with van der Waals surface area (Å²) in [6.45, 7) is 1.29. The first-order valence-electron chi connectivity index (χ1n) is 9.87. The zero-order valence-corrected chi connectivity index (χ0v) is 19.0. The van der Waals surface area contributed by atoms with E-state index in [9.17, 15) is 13.2 Å². The molecule has 1 heterocycles. The molecular formula is C22H23ClF3N5O2. The van der Waals surface area contributed by atoms with E-state index in [-0.39, 0.29) is 5.75 Å². The molecule has 1 aromatic heterocycles. The minimum Gasteiger partial charge on any atom is -0.495 e. The number of methoxy groups -OCH3 is 1. The third-order valence-electron chi connectivity index (χ3n) is 4.36. The van der Waals surface area contributed by atoms with E-state index in [4.69, 9.17) is 16.3 Å². The highest BCUT2D eigenvalue weighted by atomic mass is 35.5. The van der Waals surface area contributed by atoms with E-state index in [0.717, 1.165) is 6.54 Å². The lowest BCUT2D eigenvalue weighted by atomic mass is 10.1. The molecule has 0 fully saturated rings. The predicted octanol–water partition coefficient (Wildman–Crippen LogP) is 5.42. The summed E-state index contributed by atoms with van der Waals surface area (Å²) in [7, 11) is 5.40. The second-order valence-electron chi connectivity index (χ2n) is 7.24. The van der Waals surface area contributed by atoms with Crippen molar-refractivity contribution in [1.82, 2.24) is 14.9 Å². The zero-order chi connectivity index (χ0) is 24.0. The van der Waals surface area contributed by atoms with Gasteiger partial charge in [-0.2, -0.15) is 4.98 Å². The van der Waals surface area contributed by atoms with Gasteiger partial charge < -0.3 is 25.0 Å². The fraction of sp³-hybridized carbons (Fsp3) is 0.273. The normalized spacial score (nSPS) is 11.4. The maximum Gasteiger partial charge on any atom is 0.573 e. The molecule has 176 valence electrons. The van der Waals surface area contributed by atoms with E-state index in [2.05, 4.69) is 25.3 Å². The largest absolute Gasteiger partial charge is 0.573 e. The summed E-state index contributed by atoms with van der Waals surface area (Å²) in [5.41, 5.74) is 1.40.